The van der Waals surface area contributed by atoms with Crippen molar-refractivity contribution in [3.63, 3.8) is 0 Å². The Balaban J connectivity index is 2.96. The first-order valence-corrected chi connectivity index (χ1v) is 4.82. The van der Waals surface area contributed by atoms with Crippen molar-refractivity contribution in [1.82, 2.24) is 0 Å². The van der Waals surface area contributed by atoms with E-state index in [0.717, 1.165) is 0 Å². The Bertz CT molecular complexity index is 363. The number of benzene rings is 1. The molecule has 0 radical (unpaired) electrons. The number of nitrogens with two attached hydrogens (primary N) is 1. The summed E-state index contributed by atoms with van der Waals surface area (Å²) in [5, 5.41) is 9.38. The van der Waals surface area contributed by atoms with E-state index in [-0.39, 0.29) is 17.4 Å². The largest absolute Gasteiger partial charge is 0.506 e. The Hall–Kier alpha value is -1.71. The maximum absolute atomic E-state index is 11.4. The smallest absolute Gasteiger partial charge is 0.313 e. The van der Waals surface area contributed by atoms with Crippen molar-refractivity contribution in [3.05, 3.63) is 23.8 Å². The van der Waals surface area contributed by atoms with Crippen molar-refractivity contribution in [2.45, 2.75) is 19.8 Å². The average molecular weight is 209 g/mol. The van der Waals surface area contributed by atoms with Gasteiger partial charge in [-0.1, -0.05) is 12.1 Å². The highest BCUT2D eigenvalue weighted by molar-refractivity contribution is 5.80. The summed E-state index contributed by atoms with van der Waals surface area (Å²) in [4.78, 5) is 11.4. The molecule has 1 aromatic rings. The van der Waals surface area contributed by atoms with E-state index in [1.807, 2.05) is 0 Å². The van der Waals surface area contributed by atoms with Gasteiger partial charge in [-0.25, -0.2) is 0 Å². The van der Waals surface area contributed by atoms with Crippen molar-refractivity contribution in [1.29, 1.82) is 0 Å². The first-order valence-electron chi connectivity index (χ1n) is 4.82. The minimum atomic E-state index is -0.461. The second-order valence-electron chi connectivity index (χ2n) is 3.25. The van der Waals surface area contributed by atoms with E-state index in [1.165, 1.54) is 6.07 Å². The molecule has 1 unspecified atom stereocenters. The van der Waals surface area contributed by atoms with E-state index in [2.05, 4.69) is 0 Å². The van der Waals surface area contributed by atoms with Crippen LogP contribution in [0, 0.1) is 0 Å². The van der Waals surface area contributed by atoms with Crippen LogP contribution >= 0.6 is 0 Å². The van der Waals surface area contributed by atoms with Crippen LogP contribution in [0.15, 0.2) is 18.2 Å². The van der Waals surface area contributed by atoms with Gasteiger partial charge in [0.1, 0.15) is 5.75 Å². The lowest BCUT2D eigenvalue weighted by Gasteiger charge is -2.13. The third kappa shape index (κ3) is 2.40. The molecular formula is C11H15NO3. The lowest BCUT2D eigenvalue weighted by molar-refractivity contribution is -0.144. The van der Waals surface area contributed by atoms with Gasteiger partial charge in [-0.3, -0.25) is 4.79 Å². The normalized spacial score (nSPS) is 12.1. The maximum atomic E-state index is 11.4. The van der Waals surface area contributed by atoms with Crippen molar-refractivity contribution >= 4 is 11.7 Å². The van der Waals surface area contributed by atoms with Gasteiger partial charge in [-0.15, -0.1) is 0 Å². The van der Waals surface area contributed by atoms with Crippen molar-refractivity contribution in [2.24, 2.45) is 0 Å². The summed E-state index contributed by atoms with van der Waals surface area (Å²) in [6.45, 7) is 3.78. The molecule has 0 aromatic heterocycles. The number of para-hydroxylation sites is 1. The van der Waals surface area contributed by atoms with Crippen LogP contribution < -0.4 is 5.73 Å². The number of anilines is 1. The third-order valence-electron chi connectivity index (χ3n) is 2.22. The molecule has 0 saturated heterocycles. The van der Waals surface area contributed by atoms with E-state index < -0.39 is 5.92 Å². The van der Waals surface area contributed by atoms with Crippen LogP contribution in [-0.4, -0.2) is 17.7 Å². The zero-order valence-corrected chi connectivity index (χ0v) is 8.86. The van der Waals surface area contributed by atoms with E-state index in [4.69, 9.17) is 10.5 Å². The fraction of sp³-hybridized carbons (Fsp3) is 0.364. The van der Waals surface area contributed by atoms with Crippen molar-refractivity contribution in [2.75, 3.05) is 12.3 Å². The second-order valence-corrected chi connectivity index (χ2v) is 3.25. The fourth-order valence-electron chi connectivity index (χ4n) is 1.34. The summed E-state index contributed by atoms with van der Waals surface area (Å²) in [5.74, 6) is -0.810. The average Bonchev–Trinajstić information content (AvgIpc) is 2.21. The van der Waals surface area contributed by atoms with E-state index in [9.17, 15) is 9.90 Å². The van der Waals surface area contributed by atoms with Gasteiger partial charge in [-0.2, -0.15) is 0 Å². The number of carbonyl (C=O) groups excluding carboxylic acids is 1. The standard InChI is InChI=1S/C11H15NO3/c1-3-15-11(14)7(2)8-5-4-6-9(13)10(8)12/h4-7,13H,3,12H2,1-2H3. The Kier molecular flexibility index (Phi) is 3.55. The van der Waals surface area contributed by atoms with Gasteiger partial charge >= 0.3 is 5.97 Å². The van der Waals surface area contributed by atoms with Crippen LogP contribution in [0.2, 0.25) is 0 Å². The highest BCUT2D eigenvalue weighted by atomic mass is 16.5. The van der Waals surface area contributed by atoms with Gasteiger partial charge in [0.25, 0.3) is 0 Å². The van der Waals surface area contributed by atoms with Gasteiger partial charge in [0.15, 0.2) is 0 Å². The molecule has 0 aliphatic rings. The summed E-state index contributed by atoms with van der Waals surface area (Å²) in [6.07, 6.45) is 0. The predicted molar refractivity (Wildman–Crippen MR) is 57.6 cm³/mol. The Morgan fingerprint density at radius 3 is 2.87 bits per heavy atom. The molecule has 1 aromatic carbocycles. The molecule has 82 valence electrons. The van der Waals surface area contributed by atoms with Gasteiger partial charge in [-0.05, 0) is 25.5 Å². The van der Waals surface area contributed by atoms with Gasteiger partial charge in [0.05, 0.1) is 18.2 Å². The lowest BCUT2D eigenvalue weighted by atomic mass is 9.99. The quantitative estimate of drug-likeness (QED) is 0.451. The number of ether oxygens (including phenoxy) is 1. The molecule has 4 nitrogen and oxygen atoms in total. The monoisotopic (exact) mass is 209 g/mol. The van der Waals surface area contributed by atoms with Crippen LogP contribution in [0.1, 0.15) is 25.3 Å². The Labute approximate surface area is 88.7 Å². The molecule has 0 spiro atoms. The number of carbonyl (C=O) groups is 1. The van der Waals surface area contributed by atoms with Crippen molar-refractivity contribution < 1.29 is 14.6 Å². The van der Waals surface area contributed by atoms with Gasteiger partial charge in [0.2, 0.25) is 0 Å². The SMILES string of the molecule is CCOC(=O)C(C)c1cccc(O)c1N. The molecule has 1 rings (SSSR count). The molecule has 15 heavy (non-hydrogen) atoms. The number of hydrogen-bond acceptors (Lipinski definition) is 4. The summed E-state index contributed by atoms with van der Waals surface area (Å²) < 4.78 is 4.88. The predicted octanol–water partition coefficient (Wildman–Crippen LogP) is 1.64. The second kappa shape index (κ2) is 4.68. The zero-order chi connectivity index (χ0) is 11.4. The lowest BCUT2D eigenvalue weighted by Crippen LogP contribution is -2.14. The molecular weight excluding hydrogens is 194 g/mol. The van der Waals surface area contributed by atoms with E-state index >= 15 is 0 Å². The van der Waals surface area contributed by atoms with Crippen LogP contribution in [-0.2, 0) is 9.53 Å². The van der Waals surface area contributed by atoms with Crippen LogP contribution in [0.5, 0.6) is 5.75 Å². The third-order valence-corrected chi connectivity index (χ3v) is 2.22. The van der Waals surface area contributed by atoms with Crippen LogP contribution in [0.4, 0.5) is 5.69 Å². The molecule has 0 amide bonds. The number of aromatic hydroxyl groups is 1. The van der Waals surface area contributed by atoms with Gasteiger partial charge < -0.3 is 15.6 Å². The first kappa shape index (κ1) is 11.4. The topological polar surface area (TPSA) is 72.5 Å². The number of phenolic OH excluding ortho intramolecular Hbond substituents is 1. The summed E-state index contributed by atoms with van der Waals surface area (Å²) in [5.41, 5.74) is 6.49. The Morgan fingerprint density at radius 2 is 2.27 bits per heavy atom. The molecule has 1 atom stereocenters. The molecule has 0 bridgehead atoms. The molecule has 0 fully saturated rings. The maximum Gasteiger partial charge on any atom is 0.313 e. The van der Waals surface area contributed by atoms with Gasteiger partial charge in [0, 0.05) is 0 Å². The fourth-order valence-corrected chi connectivity index (χ4v) is 1.34. The van der Waals surface area contributed by atoms with E-state index in [1.54, 1.807) is 26.0 Å². The summed E-state index contributed by atoms with van der Waals surface area (Å²) >= 11 is 0. The minimum Gasteiger partial charge on any atom is -0.506 e. The number of hydrogen-bond donors (Lipinski definition) is 2. The van der Waals surface area contributed by atoms with Crippen LogP contribution in [0.25, 0.3) is 0 Å². The number of rotatable bonds is 3. The molecule has 0 aliphatic heterocycles. The van der Waals surface area contributed by atoms with Crippen LogP contribution in [0.3, 0.4) is 0 Å². The highest BCUT2D eigenvalue weighted by Gasteiger charge is 2.19. The first-order chi connectivity index (χ1) is 7.07. The molecule has 0 aliphatic carbocycles. The summed E-state index contributed by atoms with van der Waals surface area (Å²) in [6, 6.07) is 4.84. The van der Waals surface area contributed by atoms with Crippen molar-refractivity contribution in [3.8, 4) is 5.75 Å². The summed E-state index contributed by atoms with van der Waals surface area (Å²) in [7, 11) is 0. The van der Waals surface area contributed by atoms with E-state index in [0.29, 0.717) is 12.2 Å². The number of esters is 1. The Morgan fingerprint density at radius 1 is 1.60 bits per heavy atom. The molecule has 0 heterocycles. The minimum absolute atomic E-state index is 0.0105. The highest BCUT2D eigenvalue weighted by Crippen LogP contribution is 2.29. The zero-order valence-electron chi connectivity index (χ0n) is 8.86. The molecule has 0 saturated carbocycles. The molecule has 4 heteroatoms. The number of phenols is 1. The molecule has 3 N–H and O–H groups in total. The number of nitrogen functional groups attached to an aromatic ring is 1.